The Morgan fingerprint density at radius 3 is 2.96 bits per heavy atom. The Morgan fingerprint density at radius 1 is 1.44 bits per heavy atom. The average Bonchev–Trinajstić information content (AvgIpc) is 2.93. The summed E-state index contributed by atoms with van der Waals surface area (Å²) in [6.45, 7) is 4.01. The lowest BCUT2D eigenvalue weighted by atomic mass is 9.97. The first-order valence-electron chi connectivity index (χ1n) is 8.39. The monoisotopic (exact) mass is 408 g/mol. The number of nitrogens with two attached hydrogens (primary N) is 1. The highest BCUT2D eigenvalue weighted by Gasteiger charge is 2.28. The van der Waals surface area contributed by atoms with Gasteiger partial charge in [0.05, 0.1) is 12.5 Å². The maximum Gasteiger partial charge on any atom is 0.374 e. The van der Waals surface area contributed by atoms with Crippen LogP contribution in [0.25, 0.3) is 11.0 Å². The van der Waals surface area contributed by atoms with Crippen molar-refractivity contribution < 1.29 is 18.7 Å². The quantitative estimate of drug-likeness (QED) is 0.768. The molecule has 1 aromatic carbocycles. The third-order valence-electron chi connectivity index (χ3n) is 4.50. The average molecular weight is 409 g/mol. The maximum absolute atomic E-state index is 12.3. The van der Waals surface area contributed by atoms with Crippen LogP contribution >= 0.6 is 15.9 Å². The van der Waals surface area contributed by atoms with E-state index in [0.29, 0.717) is 18.7 Å². The Labute approximate surface area is 154 Å². The highest BCUT2D eigenvalue weighted by Crippen LogP contribution is 2.31. The number of nitrogens with zero attached hydrogens (tertiary/aromatic N) is 1. The number of hydrogen-bond donors (Lipinski definition) is 1. The molecule has 1 saturated heterocycles. The van der Waals surface area contributed by atoms with Gasteiger partial charge in [0.1, 0.15) is 5.58 Å². The molecule has 1 fully saturated rings. The zero-order chi connectivity index (χ0) is 18.0. The number of amides is 1. The second kappa shape index (κ2) is 7.58. The molecule has 2 N–H and O–H groups in total. The van der Waals surface area contributed by atoms with Crippen LogP contribution in [0.4, 0.5) is 0 Å². The molecule has 0 spiro atoms. The first-order valence-corrected chi connectivity index (χ1v) is 9.18. The van der Waals surface area contributed by atoms with E-state index in [-0.39, 0.29) is 24.2 Å². The minimum Gasteiger partial charge on any atom is -0.460 e. The fourth-order valence-electron chi connectivity index (χ4n) is 3.29. The highest BCUT2D eigenvalue weighted by atomic mass is 79.9. The molecule has 0 saturated carbocycles. The molecular formula is C18H21BrN2O4. The normalized spacial score (nSPS) is 18.4. The third kappa shape index (κ3) is 3.88. The summed E-state index contributed by atoms with van der Waals surface area (Å²) < 4.78 is 11.8. The van der Waals surface area contributed by atoms with Crippen molar-refractivity contribution in [3.05, 3.63) is 34.0 Å². The van der Waals surface area contributed by atoms with Gasteiger partial charge < -0.3 is 14.9 Å². The number of fused-ring (bicyclic) bond motifs is 1. The van der Waals surface area contributed by atoms with Crippen LogP contribution in [0.15, 0.2) is 27.1 Å². The zero-order valence-corrected chi connectivity index (χ0v) is 15.7. The largest absolute Gasteiger partial charge is 0.460 e. The Bertz CT molecular complexity index is 802. The van der Waals surface area contributed by atoms with Gasteiger partial charge in [-0.1, -0.05) is 15.9 Å². The zero-order valence-electron chi connectivity index (χ0n) is 14.1. The molecule has 3 rings (SSSR count). The van der Waals surface area contributed by atoms with E-state index in [1.165, 1.54) is 0 Å². The van der Waals surface area contributed by atoms with Crippen LogP contribution in [0, 0.1) is 5.92 Å². The van der Waals surface area contributed by atoms with Crippen LogP contribution in [0.2, 0.25) is 0 Å². The molecule has 2 heterocycles. The molecule has 1 aromatic heterocycles. The Hall–Kier alpha value is -1.86. The molecule has 1 aliphatic heterocycles. The van der Waals surface area contributed by atoms with Gasteiger partial charge in [-0.2, -0.15) is 0 Å². The van der Waals surface area contributed by atoms with Crippen LogP contribution in [0.5, 0.6) is 0 Å². The lowest BCUT2D eigenvalue weighted by Gasteiger charge is -2.31. The van der Waals surface area contributed by atoms with Crippen molar-refractivity contribution in [2.24, 2.45) is 11.7 Å². The second-order valence-corrected chi connectivity index (χ2v) is 7.16. The number of hydrogen-bond acceptors (Lipinski definition) is 5. The predicted octanol–water partition coefficient (Wildman–Crippen LogP) is 3.07. The lowest BCUT2D eigenvalue weighted by molar-refractivity contribution is -0.123. The van der Waals surface area contributed by atoms with E-state index in [1.807, 2.05) is 18.2 Å². The molecule has 2 aromatic rings. The smallest absolute Gasteiger partial charge is 0.374 e. The van der Waals surface area contributed by atoms with Crippen molar-refractivity contribution in [2.45, 2.75) is 26.3 Å². The number of carbonyl (C=O) groups is 2. The number of esters is 1. The number of piperidine rings is 1. The highest BCUT2D eigenvalue weighted by molar-refractivity contribution is 9.10. The summed E-state index contributed by atoms with van der Waals surface area (Å²) in [7, 11) is 0. The molecule has 7 heteroatoms. The minimum atomic E-state index is -0.465. The number of primary amides is 1. The van der Waals surface area contributed by atoms with Crippen molar-refractivity contribution in [3.8, 4) is 0 Å². The van der Waals surface area contributed by atoms with Crippen molar-refractivity contribution in [1.82, 2.24) is 4.90 Å². The van der Waals surface area contributed by atoms with Gasteiger partial charge in [-0.05, 0) is 44.5 Å². The van der Waals surface area contributed by atoms with E-state index in [1.54, 1.807) is 6.92 Å². The Kier molecular flexibility index (Phi) is 5.44. The van der Waals surface area contributed by atoms with Crippen LogP contribution in [0.1, 0.15) is 35.9 Å². The van der Waals surface area contributed by atoms with Crippen LogP contribution in [-0.2, 0) is 16.1 Å². The van der Waals surface area contributed by atoms with Crippen LogP contribution in [0.3, 0.4) is 0 Å². The summed E-state index contributed by atoms with van der Waals surface area (Å²) in [5, 5.41) is 0.874. The maximum atomic E-state index is 12.3. The fourth-order valence-corrected chi connectivity index (χ4v) is 3.66. The number of halogens is 1. The van der Waals surface area contributed by atoms with E-state index >= 15 is 0 Å². The van der Waals surface area contributed by atoms with Crippen molar-refractivity contribution in [2.75, 3.05) is 19.7 Å². The van der Waals surface area contributed by atoms with E-state index in [9.17, 15) is 9.59 Å². The lowest BCUT2D eigenvalue weighted by Crippen LogP contribution is -2.40. The summed E-state index contributed by atoms with van der Waals surface area (Å²) in [4.78, 5) is 26.0. The minimum absolute atomic E-state index is 0.148. The van der Waals surface area contributed by atoms with Gasteiger partial charge in [0.15, 0.2) is 0 Å². The molecule has 25 heavy (non-hydrogen) atoms. The van der Waals surface area contributed by atoms with Gasteiger partial charge in [0.25, 0.3) is 0 Å². The van der Waals surface area contributed by atoms with Gasteiger partial charge >= 0.3 is 5.97 Å². The summed E-state index contributed by atoms with van der Waals surface area (Å²) in [6.07, 6.45) is 1.72. The molecule has 0 radical (unpaired) electrons. The molecule has 0 aliphatic carbocycles. The number of ether oxygens (including phenoxy) is 1. The molecule has 1 amide bonds. The van der Waals surface area contributed by atoms with Gasteiger partial charge in [-0.25, -0.2) is 4.79 Å². The molecule has 134 valence electrons. The first-order chi connectivity index (χ1) is 12.0. The summed E-state index contributed by atoms with van der Waals surface area (Å²) in [5.41, 5.74) is 6.90. The molecule has 0 unspecified atom stereocenters. The predicted molar refractivity (Wildman–Crippen MR) is 97.1 cm³/mol. The van der Waals surface area contributed by atoms with E-state index in [2.05, 4.69) is 20.8 Å². The SMILES string of the molecule is CCOC(=O)c1oc2ccc(Br)cc2c1CN1CCC[C@@H](C(N)=O)C1. The van der Waals surface area contributed by atoms with Crippen LogP contribution < -0.4 is 5.73 Å². The Balaban J connectivity index is 1.95. The van der Waals surface area contributed by atoms with Crippen LogP contribution in [-0.4, -0.2) is 36.5 Å². The molecule has 1 aliphatic rings. The molecular weight excluding hydrogens is 388 g/mol. The first kappa shape index (κ1) is 17.9. The van der Waals surface area contributed by atoms with Gasteiger partial charge in [-0.15, -0.1) is 0 Å². The summed E-state index contributed by atoms with van der Waals surface area (Å²) in [5.74, 6) is -0.649. The standard InChI is InChI=1S/C18H21BrN2O4/c1-2-24-18(23)16-14(13-8-12(19)5-6-15(13)25-16)10-21-7-3-4-11(9-21)17(20)22/h5-6,8,11H,2-4,7,9-10H2,1H3,(H2,20,22)/t11-/m1/s1. The number of benzene rings is 1. The van der Waals surface area contributed by atoms with Crippen molar-refractivity contribution >= 4 is 38.8 Å². The van der Waals surface area contributed by atoms with E-state index < -0.39 is 5.97 Å². The number of carbonyl (C=O) groups excluding carboxylic acids is 2. The van der Waals surface area contributed by atoms with Crippen molar-refractivity contribution in [3.63, 3.8) is 0 Å². The topological polar surface area (TPSA) is 85.8 Å². The third-order valence-corrected chi connectivity index (χ3v) is 5.00. The van der Waals surface area contributed by atoms with Crippen molar-refractivity contribution in [1.29, 1.82) is 0 Å². The Morgan fingerprint density at radius 2 is 2.24 bits per heavy atom. The summed E-state index contributed by atoms with van der Waals surface area (Å²) in [6, 6.07) is 5.63. The van der Waals surface area contributed by atoms with Gasteiger partial charge in [0, 0.05) is 28.5 Å². The molecule has 6 nitrogen and oxygen atoms in total. The second-order valence-electron chi connectivity index (χ2n) is 6.25. The molecule has 1 atom stereocenters. The fraction of sp³-hybridized carbons (Fsp3) is 0.444. The number of rotatable bonds is 5. The number of furan rings is 1. The molecule has 0 bridgehead atoms. The van der Waals surface area contributed by atoms with Gasteiger partial charge in [-0.3, -0.25) is 9.69 Å². The van der Waals surface area contributed by atoms with E-state index in [0.717, 1.165) is 34.8 Å². The number of likely N-dealkylation sites (tertiary alicyclic amines) is 1. The van der Waals surface area contributed by atoms with Gasteiger partial charge in [0.2, 0.25) is 11.7 Å². The summed E-state index contributed by atoms with van der Waals surface area (Å²) >= 11 is 3.46. The van der Waals surface area contributed by atoms with E-state index in [4.69, 9.17) is 14.9 Å².